The van der Waals surface area contributed by atoms with E-state index in [0.29, 0.717) is 6.04 Å². The fourth-order valence-electron chi connectivity index (χ4n) is 2.33. The molecule has 0 aliphatic carbocycles. The maximum atomic E-state index is 5.47. The number of nitrogens with zero attached hydrogens (tertiary/aromatic N) is 1. The minimum absolute atomic E-state index is 0.475. The molecule has 100 valence electrons. The molecule has 1 fully saturated rings. The molecule has 1 atom stereocenters. The number of rotatable bonds is 5. The van der Waals surface area contributed by atoms with Gasteiger partial charge >= 0.3 is 0 Å². The van der Waals surface area contributed by atoms with Gasteiger partial charge in [0.2, 0.25) is 0 Å². The summed E-state index contributed by atoms with van der Waals surface area (Å²) in [6.45, 7) is 9.12. The summed E-state index contributed by atoms with van der Waals surface area (Å²) in [7, 11) is 0. The Balaban J connectivity index is 1.94. The third-order valence-corrected chi connectivity index (χ3v) is 3.39. The maximum Gasteiger partial charge on any atom is 0.0668 e. The third kappa shape index (κ3) is 3.47. The number of nitrogens with one attached hydrogen (secondary N) is 1. The van der Waals surface area contributed by atoms with Crippen LogP contribution in [0, 0.1) is 0 Å². The first-order valence-corrected chi connectivity index (χ1v) is 6.95. The highest BCUT2D eigenvalue weighted by atomic mass is 16.5. The van der Waals surface area contributed by atoms with Gasteiger partial charge in [0.15, 0.2) is 0 Å². The lowest BCUT2D eigenvalue weighted by Crippen LogP contribution is -2.43. The summed E-state index contributed by atoms with van der Waals surface area (Å²) in [5, 5.41) is 3.43. The van der Waals surface area contributed by atoms with Crippen LogP contribution in [0.1, 0.15) is 25.8 Å². The van der Waals surface area contributed by atoms with E-state index in [1.807, 2.05) is 0 Å². The van der Waals surface area contributed by atoms with Crippen molar-refractivity contribution in [2.45, 2.75) is 32.9 Å². The zero-order valence-corrected chi connectivity index (χ0v) is 11.5. The first-order valence-electron chi connectivity index (χ1n) is 6.95. The normalized spacial score (nSPS) is 20.1. The van der Waals surface area contributed by atoms with Gasteiger partial charge in [-0.1, -0.05) is 19.1 Å². The number of benzene rings is 1. The summed E-state index contributed by atoms with van der Waals surface area (Å²) in [6, 6.07) is 9.37. The van der Waals surface area contributed by atoms with Gasteiger partial charge in [-0.25, -0.2) is 0 Å². The van der Waals surface area contributed by atoms with Crippen LogP contribution in [-0.2, 0) is 11.3 Å². The van der Waals surface area contributed by atoms with Gasteiger partial charge in [0, 0.05) is 24.8 Å². The molecule has 1 N–H and O–H groups in total. The van der Waals surface area contributed by atoms with Gasteiger partial charge in [0.05, 0.1) is 13.2 Å². The Bertz CT molecular complexity index is 350. The van der Waals surface area contributed by atoms with E-state index in [4.69, 9.17) is 4.74 Å². The largest absolute Gasteiger partial charge is 0.377 e. The molecule has 1 aliphatic heterocycles. The van der Waals surface area contributed by atoms with Crippen LogP contribution in [-0.4, -0.2) is 32.3 Å². The molecule has 1 saturated heterocycles. The van der Waals surface area contributed by atoms with Crippen molar-refractivity contribution in [3.63, 3.8) is 0 Å². The molecule has 1 heterocycles. The second-order valence-corrected chi connectivity index (χ2v) is 4.96. The van der Waals surface area contributed by atoms with Gasteiger partial charge in [-0.15, -0.1) is 0 Å². The summed E-state index contributed by atoms with van der Waals surface area (Å²) in [6.07, 6.45) is 1.18. The van der Waals surface area contributed by atoms with E-state index < -0.39 is 0 Å². The lowest BCUT2D eigenvalue weighted by Gasteiger charge is -2.35. The summed E-state index contributed by atoms with van der Waals surface area (Å²) >= 11 is 0. The van der Waals surface area contributed by atoms with Gasteiger partial charge in [-0.3, -0.25) is 0 Å². The zero-order valence-electron chi connectivity index (χ0n) is 11.5. The standard InChI is InChI=1S/C15H24N2O/c1-3-8-16-11-14-4-6-15(7-5-14)17-9-10-18-12-13(17)2/h4-7,13,16H,3,8-12H2,1-2H3. The van der Waals surface area contributed by atoms with Crippen molar-refractivity contribution in [1.29, 1.82) is 0 Å². The molecule has 1 unspecified atom stereocenters. The van der Waals surface area contributed by atoms with E-state index in [1.165, 1.54) is 17.7 Å². The van der Waals surface area contributed by atoms with Gasteiger partial charge < -0.3 is 15.0 Å². The maximum absolute atomic E-state index is 5.47. The van der Waals surface area contributed by atoms with Gasteiger partial charge in [-0.05, 0) is 37.6 Å². The van der Waals surface area contributed by atoms with Crippen LogP contribution in [0.2, 0.25) is 0 Å². The van der Waals surface area contributed by atoms with Crippen molar-refractivity contribution >= 4 is 5.69 Å². The molecule has 3 heteroatoms. The number of morpholine rings is 1. The van der Waals surface area contributed by atoms with Crippen molar-refractivity contribution in [2.75, 3.05) is 31.2 Å². The predicted molar refractivity (Wildman–Crippen MR) is 76.1 cm³/mol. The molecule has 0 bridgehead atoms. The second kappa shape index (κ2) is 6.76. The van der Waals surface area contributed by atoms with Gasteiger partial charge in [0.25, 0.3) is 0 Å². The van der Waals surface area contributed by atoms with Gasteiger partial charge in [0.1, 0.15) is 0 Å². The van der Waals surface area contributed by atoms with E-state index in [0.717, 1.165) is 32.8 Å². The number of ether oxygens (including phenoxy) is 1. The monoisotopic (exact) mass is 248 g/mol. The van der Waals surface area contributed by atoms with Crippen LogP contribution in [0.5, 0.6) is 0 Å². The second-order valence-electron chi connectivity index (χ2n) is 4.96. The highest BCUT2D eigenvalue weighted by Gasteiger charge is 2.18. The molecular weight excluding hydrogens is 224 g/mol. The Hall–Kier alpha value is -1.06. The molecule has 0 aromatic heterocycles. The Morgan fingerprint density at radius 3 is 2.78 bits per heavy atom. The average molecular weight is 248 g/mol. The minimum Gasteiger partial charge on any atom is -0.377 e. The minimum atomic E-state index is 0.475. The van der Waals surface area contributed by atoms with Gasteiger partial charge in [-0.2, -0.15) is 0 Å². The zero-order chi connectivity index (χ0) is 12.8. The molecule has 0 radical (unpaired) electrons. The molecule has 3 nitrogen and oxygen atoms in total. The molecule has 2 rings (SSSR count). The molecule has 1 aromatic rings. The number of anilines is 1. The Kier molecular flexibility index (Phi) is 5.02. The van der Waals surface area contributed by atoms with Crippen LogP contribution in [0.15, 0.2) is 24.3 Å². The van der Waals surface area contributed by atoms with Crippen molar-refractivity contribution in [1.82, 2.24) is 5.32 Å². The molecule has 0 spiro atoms. The number of hydrogen-bond acceptors (Lipinski definition) is 3. The lowest BCUT2D eigenvalue weighted by molar-refractivity contribution is 0.0989. The van der Waals surface area contributed by atoms with E-state index in [1.54, 1.807) is 0 Å². The fraction of sp³-hybridized carbons (Fsp3) is 0.600. The SMILES string of the molecule is CCCNCc1ccc(N2CCOCC2C)cc1. The Morgan fingerprint density at radius 1 is 1.33 bits per heavy atom. The molecule has 0 saturated carbocycles. The highest BCUT2D eigenvalue weighted by molar-refractivity contribution is 5.48. The number of hydrogen-bond donors (Lipinski definition) is 1. The first kappa shape index (κ1) is 13.4. The van der Waals surface area contributed by atoms with Crippen LogP contribution < -0.4 is 10.2 Å². The fourth-order valence-corrected chi connectivity index (χ4v) is 2.33. The summed E-state index contributed by atoms with van der Waals surface area (Å²) < 4.78 is 5.47. The first-order chi connectivity index (χ1) is 8.81. The average Bonchev–Trinajstić information content (AvgIpc) is 2.41. The summed E-state index contributed by atoms with van der Waals surface area (Å²) in [5.74, 6) is 0. The third-order valence-electron chi connectivity index (χ3n) is 3.39. The van der Waals surface area contributed by atoms with Crippen LogP contribution in [0.3, 0.4) is 0 Å². The topological polar surface area (TPSA) is 24.5 Å². The highest BCUT2D eigenvalue weighted by Crippen LogP contribution is 2.20. The molecular formula is C15H24N2O. The van der Waals surface area contributed by atoms with Crippen LogP contribution in [0.4, 0.5) is 5.69 Å². The van der Waals surface area contributed by atoms with Crippen molar-refractivity contribution in [3.8, 4) is 0 Å². The van der Waals surface area contributed by atoms with Crippen LogP contribution >= 0.6 is 0 Å². The van der Waals surface area contributed by atoms with Crippen LogP contribution in [0.25, 0.3) is 0 Å². The van der Waals surface area contributed by atoms with Crippen molar-refractivity contribution in [2.24, 2.45) is 0 Å². The smallest absolute Gasteiger partial charge is 0.0668 e. The lowest BCUT2D eigenvalue weighted by atomic mass is 10.1. The predicted octanol–water partition coefficient (Wildman–Crippen LogP) is 2.41. The molecule has 18 heavy (non-hydrogen) atoms. The Morgan fingerprint density at radius 2 is 2.11 bits per heavy atom. The quantitative estimate of drug-likeness (QED) is 0.810. The van der Waals surface area contributed by atoms with Crippen molar-refractivity contribution in [3.05, 3.63) is 29.8 Å². The Labute approximate surface area is 110 Å². The summed E-state index contributed by atoms with van der Waals surface area (Å²) in [5.41, 5.74) is 2.66. The summed E-state index contributed by atoms with van der Waals surface area (Å²) in [4.78, 5) is 2.42. The van der Waals surface area contributed by atoms with E-state index in [2.05, 4.69) is 48.3 Å². The molecule has 1 aromatic carbocycles. The molecule has 0 amide bonds. The van der Waals surface area contributed by atoms with E-state index >= 15 is 0 Å². The van der Waals surface area contributed by atoms with Crippen molar-refractivity contribution < 1.29 is 4.74 Å². The van der Waals surface area contributed by atoms with E-state index in [-0.39, 0.29) is 0 Å². The van der Waals surface area contributed by atoms with E-state index in [9.17, 15) is 0 Å². The molecule has 1 aliphatic rings.